The van der Waals surface area contributed by atoms with Gasteiger partial charge >= 0.3 is 0 Å². The van der Waals surface area contributed by atoms with Crippen LogP contribution in [0, 0.1) is 11.3 Å². The number of hydrogen-bond donors (Lipinski definition) is 0. The molecule has 0 radical (unpaired) electrons. The Morgan fingerprint density at radius 3 is 2.15 bits per heavy atom. The van der Waals surface area contributed by atoms with Crippen molar-refractivity contribution in [3.05, 3.63) is 65.5 Å². The fourth-order valence-corrected chi connectivity index (χ4v) is 2.21. The molecule has 20 heavy (non-hydrogen) atoms. The number of pyridine rings is 1. The van der Waals surface area contributed by atoms with E-state index in [2.05, 4.69) is 56.1 Å². The van der Waals surface area contributed by atoms with E-state index in [0.29, 0.717) is 0 Å². The van der Waals surface area contributed by atoms with E-state index in [0.717, 1.165) is 17.5 Å². The lowest BCUT2D eigenvalue weighted by Gasteiger charge is -2.20. The summed E-state index contributed by atoms with van der Waals surface area (Å²) in [6.07, 6.45) is 4.27. The first-order valence-corrected chi connectivity index (χ1v) is 6.89. The Balaban J connectivity index is 2.19. The second-order valence-corrected chi connectivity index (χ2v) is 6.11. The van der Waals surface area contributed by atoms with Crippen molar-refractivity contribution >= 4 is 0 Å². The van der Waals surface area contributed by atoms with Crippen molar-refractivity contribution in [1.29, 1.82) is 5.26 Å². The van der Waals surface area contributed by atoms with Gasteiger partial charge in [-0.3, -0.25) is 4.98 Å². The van der Waals surface area contributed by atoms with Gasteiger partial charge in [0.1, 0.15) is 0 Å². The Bertz CT molecular complexity index is 586. The first-order chi connectivity index (χ1) is 9.50. The Hall–Kier alpha value is -2.14. The van der Waals surface area contributed by atoms with Crippen molar-refractivity contribution in [2.45, 2.75) is 38.5 Å². The van der Waals surface area contributed by atoms with Crippen molar-refractivity contribution in [1.82, 2.24) is 4.98 Å². The van der Waals surface area contributed by atoms with Crippen molar-refractivity contribution < 1.29 is 0 Å². The second kappa shape index (κ2) is 5.88. The van der Waals surface area contributed by atoms with Gasteiger partial charge in [0.2, 0.25) is 0 Å². The molecule has 0 saturated carbocycles. The highest BCUT2D eigenvalue weighted by atomic mass is 14.6. The molecule has 1 aromatic heterocycles. The molecule has 0 aliphatic carbocycles. The summed E-state index contributed by atoms with van der Waals surface area (Å²) in [4.78, 5) is 4.01. The number of rotatable bonds is 3. The van der Waals surface area contributed by atoms with E-state index in [1.165, 1.54) is 5.56 Å². The maximum Gasteiger partial charge on any atom is 0.0753 e. The molecule has 102 valence electrons. The summed E-state index contributed by atoms with van der Waals surface area (Å²) >= 11 is 0. The van der Waals surface area contributed by atoms with Crippen molar-refractivity contribution in [3.8, 4) is 6.07 Å². The molecule has 1 aromatic carbocycles. The Morgan fingerprint density at radius 2 is 1.65 bits per heavy atom. The van der Waals surface area contributed by atoms with Gasteiger partial charge in [-0.2, -0.15) is 5.26 Å². The van der Waals surface area contributed by atoms with Crippen molar-refractivity contribution in [3.63, 3.8) is 0 Å². The topological polar surface area (TPSA) is 36.7 Å². The van der Waals surface area contributed by atoms with Gasteiger partial charge in [-0.25, -0.2) is 0 Å². The van der Waals surface area contributed by atoms with Crippen LogP contribution in [0.15, 0.2) is 48.8 Å². The molecule has 2 nitrogen and oxygen atoms in total. The molecular weight excluding hydrogens is 244 g/mol. The first kappa shape index (κ1) is 14.3. The van der Waals surface area contributed by atoms with Crippen LogP contribution in [0.25, 0.3) is 0 Å². The van der Waals surface area contributed by atoms with Crippen LogP contribution in [0.3, 0.4) is 0 Å². The van der Waals surface area contributed by atoms with Gasteiger partial charge in [-0.1, -0.05) is 45.0 Å². The molecule has 2 rings (SSSR count). The molecule has 0 saturated heterocycles. The van der Waals surface area contributed by atoms with Crippen LogP contribution in [-0.4, -0.2) is 4.98 Å². The molecular formula is C18H20N2. The summed E-state index contributed by atoms with van der Waals surface area (Å²) in [6, 6.07) is 14.8. The van der Waals surface area contributed by atoms with E-state index < -0.39 is 0 Å². The predicted octanol–water partition coefficient (Wildman–Crippen LogP) is 4.23. The molecule has 0 spiro atoms. The highest BCUT2D eigenvalue weighted by molar-refractivity contribution is 5.33. The van der Waals surface area contributed by atoms with E-state index >= 15 is 0 Å². The first-order valence-electron chi connectivity index (χ1n) is 6.89. The van der Waals surface area contributed by atoms with Crippen LogP contribution in [0.4, 0.5) is 0 Å². The molecule has 1 heterocycles. The Kier molecular flexibility index (Phi) is 4.20. The third-order valence-corrected chi connectivity index (χ3v) is 3.52. The molecule has 0 aliphatic rings. The molecule has 0 aliphatic heterocycles. The molecule has 1 unspecified atom stereocenters. The van der Waals surface area contributed by atoms with Gasteiger partial charge in [-0.15, -0.1) is 0 Å². The third-order valence-electron chi connectivity index (χ3n) is 3.52. The Labute approximate surface area is 121 Å². The zero-order valence-electron chi connectivity index (χ0n) is 12.3. The second-order valence-electron chi connectivity index (χ2n) is 6.11. The molecule has 0 amide bonds. The van der Waals surface area contributed by atoms with Gasteiger partial charge in [0, 0.05) is 12.4 Å². The number of benzene rings is 1. The van der Waals surface area contributed by atoms with Crippen LogP contribution in [0.2, 0.25) is 0 Å². The summed E-state index contributed by atoms with van der Waals surface area (Å²) in [7, 11) is 0. The van der Waals surface area contributed by atoms with Crippen LogP contribution in [0.5, 0.6) is 0 Å². The smallest absolute Gasteiger partial charge is 0.0753 e. The fraction of sp³-hybridized carbons (Fsp3) is 0.333. The number of nitriles is 1. The average molecular weight is 264 g/mol. The lowest BCUT2D eigenvalue weighted by Crippen LogP contribution is -2.11. The zero-order chi connectivity index (χ0) is 14.6. The minimum atomic E-state index is -0.105. The molecule has 0 N–H and O–H groups in total. The van der Waals surface area contributed by atoms with E-state index in [-0.39, 0.29) is 11.3 Å². The summed E-state index contributed by atoms with van der Waals surface area (Å²) in [6.45, 7) is 6.59. The lowest BCUT2D eigenvalue weighted by atomic mass is 9.85. The third kappa shape index (κ3) is 3.45. The highest BCUT2D eigenvalue weighted by Crippen LogP contribution is 2.26. The predicted molar refractivity (Wildman–Crippen MR) is 81.4 cm³/mol. The minimum Gasteiger partial charge on any atom is -0.265 e. The van der Waals surface area contributed by atoms with Crippen molar-refractivity contribution in [2.75, 3.05) is 0 Å². The monoisotopic (exact) mass is 264 g/mol. The summed E-state index contributed by atoms with van der Waals surface area (Å²) in [5.41, 5.74) is 3.66. The summed E-state index contributed by atoms with van der Waals surface area (Å²) in [5, 5.41) is 9.40. The SMILES string of the molecule is CC(C)(C)c1ccc(C(C#N)Cc2ccncc2)cc1. The van der Waals surface area contributed by atoms with Gasteiger partial charge in [0.25, 0.3) is 0 Å². The molecule has 1 atom stereocenters. The van der Waals surface area contributed by atoms with E-state index in [1.54, 1.807) is 12.4 Å². The van der Waals surface area contributed by atoms with Gasteiger partial charge in [0.05, 0.1) is 12.0 Å². The standard InChI is InChI=1S/C18H20N2/c1-18(2,3)17-6-4-15(5-7-17)16(13-19)12-14-8-10-20-11-9-14/h4-11,16H,12H2,1-3H3. The summed E-state index contributed by atoms with van der Waals surface area (Å²) in [5.74, 6) is -0.105. The highest BCUT2D eigenvalue weighted by Gasteiger charge is 2.15. The zero-order valence-corrected chi connectivity index (χ0v) is 12.3. The summed E-state index contributed by atoms with van der Waals surface area (Å²) < 4.78 is 0. The number of nitrogens with zero attached hydrogens (tertiary/aromatic N) is 2. The lowest BCUT2D eigenvalue weighted by molar-refractivity contribution is 0.589. The largest absolute Gasteiger partial charge is 0.265 e. The van der Waals surface area contributed by atoms with E-state index in [9.17, 15) is 5.26 Å². The van der Waals surface area contributed by atoms with Gasteiger partial charge in [-0.05, 0) is 40.7 Å². The fourth-order valence-electron chi connectivity index (χ4n) is 2.21. The molecule has 0 bridgehead atoms. The van der Waals surface area contributed by atoms with Gasteiger partial charge in [0.15, 0.2) is 0 Å². The maximum absolute atomic E-state index is 9.40. The normalized spacial score (nSPS) is 12.7. The van der Waals surface area contributed by atoms with Crippen LogP contribution >= 0.6 is 0 Å². The van der Waals surface area contributed by atoms with Crippen LogP contribution in [-0.2, 0) is 11.8 Å². The van der Waals surface area contributed by atoms with E-state index in [1.807, 2.05) is 12.1 Å². The minimum absolute atomic E-state index is 0.105. The van der Waals surface area contributed by atoms with E-state index in [4.69, 9.17) is 0 Å². The molecule has 2 aromatic rings. The van der Waals surface area contributed by atoms with Crippen LogP contribution in [0.1, 0.15) is 43.4 Å². The van der Waals surface area contributed by atoms with Crippen molar-refractivity contribution in [2.24, 2.45) is 0 Å². The maximum atomic E-state index is 9.40. The quantitative estimate of drug-likeness (QED) is 0.831. The number of aromatic nitrogens is 1. The van der Waals surface area contributed by atoms with Crippen LogP contribution < -0.4 is 0 Å². The van der Waals surface area contributed by atoms with Gasteiger partial charge < -0.3 is 0 Å². The number of hydrogen-bond acceptors (Lipinski definition) is 2. The average Bonchev–Trinajstić information content (AvgIpc) is 2.45. The molecule has 2 heteroatoms. The Morgan fingerprint density at radius 1 is 1.05 bits per heavy atom. The molecule has 0 fully saturated rings.